The van der Waals surface area contributed by atoms with E-state index in [2.05, 4.69) is 58.9 Å². The second-order valence-electron chi connectivity index (χ2n) is 6.83. The van der Waals surface area contributed by atoms with E-state index in [1.54, 1.807) is 14.2 Å². The minimum Gasteiger partial charge on any atom is -0.493 e. The Hall–Kier alpha value is -2.57. The number of benzene rings is 2. The fourth-order valence-electron chi connectivity index (χ4n) is 2.69. The Morgan fingerprint density at radius 2 is 1.79 bits per heavy atom. The molecule has 0 bridgehead atoms. The number of hydrogen-bond acceptors (Lipinski definition) is 4. The van der Waals surface area contributed by atoms with Crippen LogP contribution in [0.3, 0.4) is 0 Å². The minimum absolute atomic E-state index is 0.633. The maximum absolute atomic E-state index is 5.75. The van der Waals surface area contributed by atoms with Gasteiger partial charge in [0.15, 0.2) is 5.96 Å². The average molecular weight is 385 g/mol. The van der Waals surface area contributed by atoms with Gasteiger partial charge in [-0.2, -0.15) is 0 Å². The summed E-state index contributed by atoms with van der Waals surface area (Å²) in [5.41, 5.74) is 3.44. The first-order valence-corrected chi connectivity index (χ1v) is 9.52. The van der Waals surface area contributed by atoms with E-state index in [0.717, 1.165) is 24.4 Å². The second-order valence-corrected chi connectivity index (χ2v) is 6.83. The molecule has 0 aliphatic carbocycles. The molecule has 0 spiro atoms. The quantitative estimate of drug-likeness (QED) is 0.374. The summed E-state index contributed by atoms with van der Waals surface area (Å²) in [5, 5.41) is 6.65. The number of anilines is 1. The Labute approximate surface area is 168 Å². The molecule has 6 nitrogen and oxygen atoms in total. The third-order valence-corrected chi connectivity index (χ3v) is 4.06. The lowest BCUT2D eigenvalue weighted by atomic mass is 10.1. The van der Waals surface area contributed by atoms with Gasteiger partial charge in [-0.05, 0) is 37.4 Å². The summed E-state index contributed by atoms with van der Waals surface area (Å²) in [6.45, 7) is 2.98. The summed E-state index contributed by atoms with van der Waals surface area (Å²) < 4.78 is 10.8. The molecule has 0 heterocycles. The first-order valence-electron chi connectivity index (χ1n) is 9.52. The molecule has 0 atom stereocenters. The van der Waals surface area contributed by atoms with Crippen LogP contribution in [0.1, 0.15) is 17.5 Å². The van der Waals surface area contributed by atoms with E-state index in [0.29, 0.717) is 25.7 Å². The molecule has 0 unspecified atom stereocenters. The van der Waals surface area contributed by atoms with E-state index >= 15 is 0 Å². The zero-order valence-electron chi connectivity index (χ0n) is 17.4. The van der Waals surface area contributed by atoms with Crippen LogP contribution < -0.4 is 15.4 Å². The predicted molar refractivity (Wildman–Crippen MR) is 116 cm³/mol. The number of aliphatic imine (C=N–C) groups is 1. The van der Waals surface area contributed by atoms with Gasteiger partial charge in [-0.3, -0.25) is 4.99 Å². The molecule has 0 aliphatic rings. The van der Waals surface area contributed by atoms with Crippen molar-refractivity contribution in [2.75, 3.05) is 46.8 Å². The topological polar surface area (TPSA) is 58.1 Å². The number of guanidine groups is 1. The summed E-state index contributed by atoms with van der Waals surface area (Å²) in [6, 6.07) is 16.5. The van der Waals surface area contributed by atoms with Crippen LogP contribution in [0.5, 0.6) is 5.75 Å². The molecular weight excluding hydrogens is 352 g/mol. The van der Waals surface area contributed by atoms with Crippen LogP contribution in [-0.4, -0.2) is 52.3 Å². The molecule has 0 aromatic heterocycles. The van der Waals surface area contributed by atoms with Crippen molar-refractivity contribution in [1.29, 1.82) is 0 Å². The molecule has 0 radical (unpaired) electrons. The molecule has 0 saturated heterocycles. The SMILES string of the molecule is CN=C(NCc1ccc(CN(C)C)cc1)Nc1cccc(OCCCOC)c1. The summed E-state index contributed by atoms with van der Waals surface area (Å²) in [4.78, 5) is 6.46. The normalized spacial score (nSPS) is 11.5. The Bertz CT molecular complexity index is 730. The van der Waals surface area contributed by atoms with Gasteiger partial charge in [-0.15, -0.1) is 0 Å². The molecule has 6 heteroatoms. The van der Waals surface area contributed by atoms with E-state index in [9.17, 15) is 0 Å². The van der Waals surface area contributed by atoms with Crippen LogP contribution in [0.4, 0.5) is 5.69 Å². The van der Waals surface area contributed by atoms with Crippen LogP contribution in [0.2, 0.25) is 0 Å². The molecular formula is C22H32N4O2. The molecule has 2 N–H and O–H groups in total. The largest absolute Gasteiger partial charge is 0.493 e. The number of rotatable bonds is 10. The number of ether oxygens (including phenoxy) is 2. The lowest BCUT2D eigenvalue weighted by Gasteiger charge is -2.14. The average Bonchev–Trinajstić information content (AvgIpc) is 2.69. The van der Waals surface area contributed by atoms with Crippen molar-refractivity contribution in [3.05, 3.63) is 59.7 Å². The Balaban J connectivity index is 1.85. The van der Waals surface area contributed by atoms with Crippen molar-refractivity contribution in [2.45, 2.75) is 19.5 Å². The van der Waals surface area contributed by atoms with Crippen LogP contribution >= 0.6 is 0 Å². The molecule has 0 saturated carbocycles. The number of nitrogens with one attached hydrogen (secondary N) is 2. The fourth-order valence-corrected chi connectivity index (χ4v) is 2.69. The standard InChI is InChI=1S/C22H32N4O2/c1-23-22(24-16-18-9-11-19(12-10-18)17-26(2)3)25-20-7-5-8-21(15-20)28-14-6-13-27-4/h5,7-12,15H,6,13-14,16-17H2,1-4H3,(H2,23,24,25). The van der Waals surface area contributed by atoms with Gasteiger partial charge in [0, 0.05) is 52.0 Å². The van der Waals surface area contributed by atoms with Crippen LogP contribution in [0, 0.1) is 0 Å². The van der Waals surface area contributed by atoms with Gasteiger partial charge in [-0.25, -0.2) is 0 Å². The Morgan fingerprint density at radius 1 is 1.04 bits per heavy atom. The lowest BCUT2D eigenvalue weighted by Crippen LogP contribution is -2.30. The molecule has 2 aromatic carbocycles. The van der Waals surface area contributed by atoms with E-state index in [1.165, 1.54) is 11.1 Å². The molecule has 0 fully saturated rings. The van der Waals surface area contributed by atoms with Crippen LogP contribution in [0.15, 0.2) is 53.5 Å². The van der Waals surface area contributed by atoms with Gasteiger partial charge >= 0.3 is 0 Å². The van der Waals surface area contributed by atoms with E-state index < -0.39 is 0 Å². The predicted octanol–water partition coefficient (Wildman–Crippen LogP) is 3.35. The maximum atomic E-state index is 5.75. The summed E-state index contributed by atoms with van der Waals surface area (Å²) >= 11 is 0. The zero-order chi connectivity index (χ0) is 20.2. The third kappa shape index (κ3) is 7.98. The van der Waals surface area contributed by atoms with E-state index in [4.69, 9.17) is 9.47 Å². The minimum atomic E-state index is 0.633. The van der Waals surface area contributed by atoms with Gasteiger partial charge in [0.25, 0.3) is 0 Å². The highest BCUT2D eigenvalue weighted by atomic mass is 16.5. The van der Waals surface area contributed by atoms with Gasteiger partial charge in [0.2, 0.25) is 0 Å². The van der Waals surface area contributed by atoms with Gasteiger partial charge in [0.05, 0.1) is 6.61 Å². The van der Waals surface area contributed by atoms with E-state index in [-0.39, 0.29) is 0 Å². The van der Waals surface area contributed by atoms with Gasteiger partial charge in [0.1, 0.15) is 5.75 Å². The number of methoxy groups -OCH3 is 1. The van der Waals surface area contributed by atoms with Gasteiger partial charge in [-0.1, -0.05) is 30.3 Å². The molecule has 0 amide bonds. The molecule has 2 rings (SSSR count). The Morgan fingerprint density at radius 3 is 2.46 bits per heavy atom. The van der Waals surface area contributed by atoms with Crippen molar-refractivity contribution in [3.63, 3.8) is 0 Å². The summed E-state index contributed by atoms with van der Waals surface area (Å²) in [7, 11) is 7.61. The molecule has 0 aliphatic heterocycles. The van der Waals surface area contributed by atoms with Crippen LogP contribution in [-0.2, 0) is 17.8 Å². The zero-order valence-corrected chi connectivity index (χ0v) is 17.4. The molecule has 28 heavy (non-hydrogen) atoms. The van der Waals surface area contributed by atoms with Crippen molar-refractivity contribution < 1.29 is 9.47 Å². The summed E-state index contributed by atoms with van der Waals surface area (Å²) in [5.74, 6) is 1.54. The second kappa shape index (κ2) is 12.0. The van der Waals surface area contributed by atoms with Gasteiger partial charge < -0.3 is 25.0 Å². The van der Waals surface area contributed by atoms with E-state index in [1.807, 2.05) is 24.3 Å². The summed E-state index contributed by atoms with van der Waals surface area (Å²) in [6.07, 6.45) is 0.866. The Kier molecular flexibility index (Phi) is 9.31. The highest BCUT2D eigenvalue weighted by Crippen LogP contribution is 2.17. The van der Waals surface area contributed by atoms with Crippen molar-refractivity contribution in [1.82, 2.24) is 10.2 Å². The highest BCUT2D eigenvalue weighted by Gasteiger charge is 2.03. The van der Waals surface area contributed by atoms with Crippen LogP contribution in [0.25, 0.3) is 0 Å². The van der Waals surface area contributed by atoms with Crippen molar-refractivity contribution >= 4 is 11.6 Å². The van der Waals surface area contributed by atoms with Crippen molar-refractivity contribution in [2.24, 2.45) is 4.99 Å². The molecule has 152 valence electrons. The molecule has 2 aromatic rings. The number of nitrogens with zero attached hydrogens (tertiary/aromatic N) is 2. The first kappa shape index (κ1) is 21.7. The van der Waals surface area contributed by atoms with Crippen molar-refractivity contribution in [3.8, 4) is 5.75 Å². The fraction of sp³-hybridized carbons (Fsp3) is 0.409. The first-order chi connectivity index (χ1) is 13.6. The number of hydrogen-bond donors (Lipinski definition) is 2. The smallest absolute Gasteiger partial charge is 0.195 e. The third-order valence-electron chi connectivity index (χ3n) is 4.06. The highest BCUT2D eigenvalue weighted by molar-refractivity contribution is 5.93. The maximum Gasteiger partial charge on any atom is 0.195 e. The lowest BCUT2D eigenvalue weighted by molar-refractivity contribution is 0.172. The monoisotopic (exact) mass is 384 g/mol.